The van der Waals surface area contributed by atoms with Crippen LogP contribution < -0.4 is 0 Å². The van der Waals surface area contributed by atoms with Gasteiger partial charge in [-0.05, 0) is 85.5 Å². The van der Waals surface area contributed by atoms with Crippen LogP contribution in [-0.4, -0.2) is 50.0 Å². The van der Waals surface area contributed by atoms with Crippen molar-refractivity contribution in [3.63, 3.8) is 0 Å². The molecule has 0 saturated heterocycles. The third-order valence-corrected chi connectivity index (χ3v) is 7.71. The summed E-state index contributed by atoms with van der Waals surface area (Å²) in [5.74, 6) is -2.43. The van der Waals surface area contributed by atoms with Gasteiger partial charge in [0.1, 0.15) is 17.1 Å². The second-order valence-corrected chi connectivity index (χ2v) is 13.0. The zero-order valence-corrected chi connectivity index (χ0v) is 25.7. The Labute approximate surface area is 238 Å². The van der Waals surface area contributed by atoms with Crippen molar-refractivity contribution in [2.45, 2.75) is 93.1 Å². The lowest BCUT2D eigenvalue weighted by Gasteiger charge is -2.38. The van der Waals surface area contributed by atoms with E-state index in [2.05, 4.69) is 6.58 Å². The van der Waals surface area contributed by atoms with Gasteiger partial charge in [-0.25, -0.2) is 0 Å². The lowest BCUT2D eigenvalue weighted by molar-refractivity contribution is -0.129. The van der Waals surface area contributed by atoms with Crippen molar-refractivity contribution < 1.29 is 42.4 Å². The Hall–Kier alpha value is -2.53. The van der Waals surface area contributed by atoms with E-state index in [9.17, 15) is 24.9 Å². The monoisotopic (exact) mass is 582 g/mol. The Kier molecular flexibility index (Phi) is 11.9. The number of Topliss-reactive ketones (excluding diaryl/α,β-unsaturated/α-hetero) is 2. The van der Waals surface area contributed by atoms with Gasteiger partial charge in [0.25, 0.3) is 0 Å². The summed E-state index contributed by atoms with van der Waals surface area (Å²) in [7, 11) is -4.67. The molecule has 0 aromatic rings. The maximum absolute atomic E-state index is 14.0. The van der Waals surface area contributed by atoms with Crippen molar-refractivity contribution in [3.05, 3.63) is 58.1 Å². The van der Waals surface area contributed by atoms with E-state index in [1.807, 2.05) is 46.8 Å². The first-order chi connectivity index (χ1) is 18.1. The molecule has 226 valence electrons. The van der Waals surface area contributed by atoms with Crippen LogP contribution in [0.15, 0.2) is 58.1 Å². The van der Waals surface area contributed by atoms with Crippen molar-refractivity contribution in [3.8, 4) is 0 Å². The van der Waals surface area contributed by atoms with Gasteiger partial charge in [0.05, 0.1) is 11.0 Å². The Bertz CT molecular complexity index is 1210. The SMILES string of the molecule is C=C(C)[C@@H]1CC[C@@](C)(O)[C@@H]1CC1=C(O)C(CC=C(C)C)(CC=C(C)C)C(=O)C(C(=O)C(C)C)=C1O.O=S(=O)(O)O. The minimum atomic E-state index is -4.67. The fourth-order valence-electron chi connectivity index (χ4n) is 5.38. The third kappa shape index (κ3) is 8.73. The molecule has 2 rings (SSSR count). The zero-order chi connectivity index (χ0) is 31.4. The van der Waals surface area contributed by atoms with Crippen molar-refractivity contribution >= 4 is 22.0 Å². The quantitative estimate of drug-likeness (QED) is 0.120. The van der Waals surface area contributed by atoms with Gasteiger partial charge in [-0.1, -0.05) is 49.3 Å². The maximum atomic E-state index is 14.0. The van der Waals surface area contributed by atoms with Gasteiger partial charge in [0.2, 0.25) is 0 Å². The molecule has 0 bridgehead atoms. The number of carbonyl (C=O) groups excluding carboxylic acids is 2. The number of carbonyl (C=O) groups is 2. The van der Waals surface area contributed by atoms with Crippen LogP contribution in [0.4, 0.5) is 0 Å². The van der Waals surface area contributed by atoms with E-state index in [1.165, 1.54) is 0 Å². The molecule has 2 aliphatic carbocycles. The smallest absolute Gasteiger partial charge is 0.394 e. The molecule has 0 unspecified atom stereocenters. The van der Waals surface area contributed by atoms with E-state index < -0.39 is 44.7 Å². The molecule has 0 aliphatic heterocycles. The molecule has 1 fully saturated rings. The van der Waals surface area contributed by atoms with Crippen molar-refractivity contribution in [2.75, 3.05) is 0 Å². The first-order valence-corrected chi connectivity index (χ1v) is 14.8. The number of ketones is 2. The van der Waals surface area contributed by atoms with Gasteiger partial charge in [-0.3, -0.25) is 18.7 Å². The molecule has 0 aromatic carbocycles. The fourth-order valence-corrected chi connectivity index (χ4v) is 5.38. The van der Waals surface area contributed by atoms with Crippen LogP contribution in [0.1, 0.15) is 87.5 Å². The molecular formula is C30H46O9S. The molecule has 0 aromatic heterocycles. The van der Waals surface area contributed by atoms with Gasteiger partial charge in [0, 0.05) is 11.5 Å². The Morgan fingerprint density at radius 1 is 1.05 bits per heavy atom. The number of hydrogen-bond donors (Lipinski definition) is 5. The minimum Gasteiger partial charge on any atom is -0.511 e. The second-order valence-electron chi connectivity index (χ2n) is 12.1. The van der Waals surface area contributed by atoms with Crippen LogP contribution in [0, 0.1) is 23.2 Å². The molecule has 40 heavy (non-hydrogen) atoms. The third-order valence-electron chi connectivity index (χ3n) is 7.71. The molecule has 2 aliphatic rings. The summed E-state index contributed by atoms with van der Waals surface area (Å²) in [5, 5.41) is 34.2. The predicted molar refractivity (Wildman–Crippen MR) is 155 cm³/mol. The van der Waals surface area contributed by atoms with Crippen molar-refractivity contribution in [1.29, 1.82) is 0 Å². The van der Waals surface area contributed by atoms with Crippen LogP contribution >= 0.6 is 0 Å². The van der Waals surface area contributed by atoms with Gasteiger partial charge in [-0.2, -0.15) is 8.42 Å². The van der Waals surface area contributed by atoms with E-state index in [1.54, 1.807) is 20.8 Å². The van der Waals surface area contributed by atoms with Gasteiger partial charge >= 0.3 is 10.4 Å². The summed E-state index contributed by atoms with van der Waals surface area (Å²) in [4.78, 5) is 27.2. The van der Waals surface area contributed by atoms with E-state index in [0.29, 0.717) is 6.42 Å². The normalized spacial score (nSPS) is 24.4. The average Bonchev–Trinajstić information content (AvgIpc) is 3.09. The van der Waals surface area contributed by atoms with Crippen LogP contribution in [0.25, 0.3) is 0 Å². The first-order valence-electron chi connectivity index (χ1n) is 13.4. The van der Waals surface area contributed by atoms with Crippen LogP contribution in [0.2, 0.25) is 0 Å². The predicted octanol–water partition coefficient (Wildman–Crippen LogP) is 6.21. The Morgan fingerprint density at radius 3 is 1.88 bits per heavy atom. The largest absolute Gasteiger partial charge is 0.511 e. The van der Waals surface area contributed by atoms with E-state index >= 15 is 0 Å². The summed E-state index contributed by atoms with van der Waals surface area (Å²) < 4.78 is 31.6. The molecule has 0 heterocycles. The zero-order valence-electron chi connectivity index (χ0n) is 24.9. The molecular weight excluding hydrogens is 536 g/mol. The summed E-state index contributed by atoms with van der Waals surface area (Å²) >= 11 is 0. The van der Waals surface area contributed by atoms with Crippen LogP contribution in [0.3, 0.4) is 0 Å². The van der Waals surface area contributed by atoms with Crippen LogP contribution in [-0.2, 0) is 20.0 Å². The molecule has 5 N–H and O–H groups in total. The molecule has 9 nitrogen and oxygen atoms in total. The number of hydrogen-bond acceptors (Lipinski definition) is 7. The van der Waals surface area contributed by atoms with E-state index in [-0.39, 0.29) is 48.0 Å². The molecule has 0 radical (unpaired) electrons. The standard InChI is InChI=1S/C30H44O5.H2O4S/c1-17(2)10-14-30(15-11-18(3)4)27(33)22(26(32)24(28(30)34)25(31)20(7)8)16-23-21(19(5)6)12-13-29(23,9)35;1-5(2,3)4/h10-11,20-21,23,32-33,35H,5,12-16H2,1-4,6-9H3;(H2,1,2,3,4)/t21-,23+,29+;/m0./s1. The molecule has 0 spiro atoms. The van der Waals surface area contributed by atoms with Gasteiger partial charge in [-0.15, -0.1) is 0 Å². The minimum absolute atomic E-state index is 0.00458. The highest BCUT2D eigenvalue weighted by Gasteiger charge is 2.52. The van der Waals surface area contributed by atoms with E-state index in [4.69, 9.17) is 17.5 Å². The number of allylic oxidation sites excluding steroid dienone is 8. The van der Waals surface area contributed by atoms with Gasteiger partial charge in [0.15, 0.2) is 11.6 Å². The lowest BCUT2D eigenvalue weighted by atomic mass is 9.65. The molecule has 1 saturated carbocycles. The fraction of sp³-hybridized carbons (Fsp3) is 0.600. The number of aliphatic hydroxyl groups is 3. The first kappa shape index (κ1) is 35.5. The highest BCUT2D eigenvalue weighted by Crippen LogP contribution is 2.52. The van der Waals surface area contributed by atoms with Crippen molar-refractivity contribution in [1.82, 2.24) is 0 Å². The Morgan fingerprint density at radius 2 is 1.50 bits per heavy atom. The summed E-state index contributed by atoms with van der Waals surface area (Å²) in [6.45, 7) is 18.9. The summed E-state index contributed by atoms with van der Waals surface area (Å²) in [6.07, 6.45) is 5.68. The summed E-state index contributed by atoms with van der Waals surface area (Å²) in [6, 6.07) is 0. The highest BCUT2D eigenvalue weighted by molar-refractivity contribution is 7.79. The number of rotatable bonds is 9. The van der Waals surface area contributed by atoms with Crippen molar-refractivity contribution in [2.24, 2.45) is 23.2 Å². The molecule has 10 heteroatoms. The average molecular weight is 583 g/mol. The second kappa shape index (κ2) is 13.4. The Balaban J connectivity index is 0.00000146. The topological polar surface area (TPSA) is 169 Å². The van der Waals surface area contributed by atoms with E-state index in [0.717, 1.165) is 23.1 Å². The van der Waals surface area contributed by atoms with Gasteiger partial charge < -0.3 is 15.3 Å². The number of aliphatic hydroxyl groups excluding tert-OH is 2. The molecule has 3 atom stereocenters. The van der Waals surface area contributed by atoms with Crippen LogP contribution in [0.5, 0.6) is 0 Å². The molecule has 0 amide bonds. The summed E-state index contributed by atoms with van der Waals surface area (Å²) in [5.41, 5.74) is 0.448. The maximum Gasteiger partial charge on any atom is 0.394 e. The highest BCUT2D eigenvalue weighted by atomic mass is 32.3. The lowest BCUT2D eigenvalue weighted by Crippen LogP contribution is -2.42.